The first kappa shape index (κ1) is 39.4. The number of esters is 1. The molecule has 0 rings (SSSR count). The minimum atomic E-state index is -0.775. The van der Waals surface area contributed by atoms with Crippen molar-refractivity contribution >= 4 is 30.3 Å². The van der Waals surface area contributed by atoms with Crippen LogP contribution in [0.2, 0.25) is 0 Å². The molecule has 19 nitrogen and oxygen atoms in total. The lowest BCUT2D eigenvalue weighted by Gasteiger charge is -2.10. The normalized spacial score (nSPS) is 10.3. The molecule has 0 aromatic carbocycles. The Labute approximate surface area is 250 Å². The summed E-state index contributed by atoms with van der Waals surface area (Å²) in [4.78, 5) is 57.0. The molecule has 0 unspecified atom stereocenters. The summed E-state index contributed by atoms with van der Waals surface area (Å²) >= 11 is 0. The Morgan fingerprint density at radius 1 is 0.465 bits per heavy atom. The monoisotopic (exact) mass is 627 g/mol. The van der Waals surface area contributed by atoms with Gasteiger partial charge in [0.05, 0.1) is 59.5 Å². The molecule has 0 aromatic heterocycles. The third-order valence-electron chi connectivity index (χ3n) is 4.34. The average molecular weight is 628 g/mol. The van der Waals surface area contributed by atoms with Crippen LogP contribution in [0.5, 0.6) is 0 Å². The smallest absolute Gasteiger partial charge is 0.407 e. The van der Waals surface area contributed by atoms with Gasteiger partial charge in [0, 0.05) is 26.2 Å². The Kier molecular flexibility index (Phi) is 27.3. The molecular formula is C24H45N5O14. The van der Waals surface area contributed by atoms with Crippen molar-refractivity contribution in [3.63, 3.8) is 0 Å². The molecule has 0 bridgehead atoms. The van der Waals surface area contributed by atoms with E-state index in [1.807, 2.05) is 0 Å². The van der Waals surface area contributed by atoms with Crippen molar-refractivity contribution in [2.24, 2.45) is 5.73 Å². The van der Waals surface area contributed by atoms with Gasteiger partial charge < -0.3 is 69.6 Å². The summed E-state index contributed by atoms with van der Waals surface area (Å²) in [6.45, 7) is 4.24. The van der Waals surface area contributed by atoms with E-state index in [0.717, 1.165) is 0 Å². The molecule has 19 heteroatoms. The van der Waals surface area contributed by atoms with Crippen molar-refractivity contribution in [1.82, 2.24) is 21.3 Å². The van der Waals surface area contributed by atoms with Crippen LogP contribution in [0.4, 0.5) is 19.2 Å². The van der Waals surface area contributed by atoms with Crippen LogP contribution in [0.3, 0.4) is 0 Å². The molecule has 0 saturated carbocycles. The van der Waals surface area contributed by atoms with Gasteiger partial charge in [-0.25, -0.2) is 19.2 Å². The molecule has 0 aromatic rings. The summed E-state index contributed by atoms with van der Waals surface area (Å²) < 4.78 is 44.9. The van der Waals surface area contributed by atoms with Gasteiger partial charge in [0.15, 0.2) is 0 Å². The molecule has 0 radical (unpaired) electrons. The van der Waals surface area contributed by atoms with Crippen LogP contribution in [-0.2, 0) is 47.4 Å². The van der Waals surface area contributed by atoms with Gasteiger partial charge in [-0.3, -0.25) is 4.79 Å². The lowest BCUT2D eigenvalue weighted by molar-refractivity contribution is -0.141. The first-order chi connectivity index (χ1) is 20.9. The van der Waals surface area contributed by atoms with Gasteiger partial charge in [-0.2, -0.15) is 0 Å². The van der Waals surface area contributed by atoms with E-state index in [9.17, 15) is 24.0 Å². The number of hydrogen-bond donors (Lipinski definition) is 5. The van der Waals surface area contributed by atoms with E-state index in [1.165, 1.54) is 0 Å². The number of hydrogen-bond acceptors (Lipinski definition) is 15. The summed E-state index contributed by atoms with van der Waals surface area (Å²) in [5, 5.41) is 9.68. The molecule has 4 amide bonds. The summed E-state index contributed by atoms with van der Waals surface area (Å²) in [5.74, 6) is -0.569. The minimum Gasteiger partial charge on any atom is -0.465 e. The maximum Gasteiger partial charge on any atom is 0.407 e. The maximum absolute atomic E-state index is 11.6. The number of nitrogens with one attached hydrogen (secondary N) is 4. The van der Waals surface area contributed by atoms with Crippen molar-refractivity contribution < 1.29 is 66.6 Å². The quantitative estimate of drug-likeness (QED) is 0.0415. The highest BCUT2D eigenvalue weighted by Crippen LogP contribution is 1.86. The SMILES string of the molecule is CCOC(=O)CNC(=O)OCCOCCNC(=O)OCCOCCNC(=O)OCCOCCNC(=O)OCCOCCN. The van der Waals surface area contributed by atoms with Crippen LogP contribution < -0.4 is 27.0 Å². The molecule has 0 heterocycles. The molecule has 0 aliphatic carbocycles. The Morgan fingerprint density at radius 2 is 0.814 bits per heavy atom. The van der Waals surface area contributed by atoms with E-state index in [2.05, 4.69) is 26.0 Å². The van der Waals surface area contributed by atoms with Crippen molar-refractivity contribution in [2.75, 3.05) is 119 Å². The Hall–Kier alpha value is -3.65. The fourth-order valence-electron chi connectivity index (χ4n) is 2.50. The second-order valence-corrected chi connectivity index (χ2v) is 7.72. The number of carbonyl (C=O) groups is 5. The standard InChI is InChI=1S/C24H45N5O14/c1-2-39-20(30)19-29-24(34)43-18-14-38-10-6-28-23(33)42-17-13-37-9-5-27-22(32)41-16-12-36-8-4-26-21(31)40-15-11-35-7-3-25/h2-19,25H2,1H3,(H,26,31)(H,27,32)(H,28,33)(H,29,34). The van der Waals surface area contributed by atoms with E-state index < -0.39 is 30.3 Å². The van der Waals surface area contributed by atoms with Crippen molar-refractivity contribution in [2.45, 2.75) is 6.92 Å². The minimum absolute atomic E-state index is 0.000978. The molecular weight excluding hydrogens is 582 g/mol. The fourth-order valence-corrected chi connectivity index (χ4v) is 2.50. The van der Waals surface area contributed by atoms with Gasteiger partial charge in [-0.05, 0) is 6.92 Å². The van der Waals surface area contributed by atoms with Crippen molar-refractivity contribution in [3.05, 3.63) is 0 Å². The summed E-state index contributed by atoms with van der Waals surface area (Å²) in [6.07, 6.45) is -2.67. The van der Waals surface area contributed by atoms with Crippen LogP contribution in [0.1, 0.15) is 6.92 Å². The molecule has 6 N–H and O–H groups in total. The van der Waals surface area contributed by atoms with E-state index in [-0.39, 0.29) is 105 Å². The third kappa shape index (κ3) is 29.6. The molecule has 0 aliphatic rings. The van der Waals surface area contributed by atoms with Gasteiger partial charge in [-0.1, -0.05) is 0 Å². The zero-order valence-corrected chi connectivity index (χ0v) is 24.5. The Bertz CT molecular complexity index is 762. The fraction of sp³-hybridized carbons (Fsp3) is 0.792. The molecule has 0 saturated heterocycles. The number of nitrogens with two attached hydrogens (primary N) is 1. The number of carbonyl (C=O) groups excluding carboxylic acids is 5. The second-order valence-electron chi connectivity index (χ2n) is 7.72. The number of rotatable bonds is 26. The van der Waals surface area contributed by atoms with Crippen LogP contribution in [-0.4, -0.2) is 149 Å². The van der Waals surface area contributed by atoms with E-state index >= 15 is 0 Å². The molecule has 250 valence electrons. The largest absolute Gasteiger partial charge is 0.465 e. The second kappa shape index (κ2) is 29.8. The van der Waals surface area contributed by atoms with Crippen LogP contribution in [0.25, 0.3) is 0 Å². The van der Waals surface area contributed by atoms with Gasteiger partial charge in [-0.15, -0.1) is 0 Å². The first-order valence-electron chi connectivity index (χ1n) is 13.7. The summed E-state index contributed by atoms with van der Waals surface area (Å²) in [6, 6.07) is 0. The predicted molar refractivity (Wildman–Crippen MR) is 146 cm³/mol. The molecule has 0 fully saturated rings. The third-order valence-corrected chi connectivity index (χ3v) is 4.34. The van der Waals surface area contributed by atoms with Gasteiger partial charge in [0.1, 0.15) is 33.0 Å². The highest BCUT2D eigenvalue weighted by Gasteiger charge is 2.07. The highest BCUT2D eigenvalue weighted by molar-refractivity contribution is 5.77. The topological polar surface area (TPSA) is 243 Å². The molecule has 0 aliphatic heterocycles. The number of amides is 4. The van der Waals surface area contributed by atoms with Gasteiger partial charge >= 0.3 is 30.3 Å². The lowest BCUT2D eigenvalue weighted by Crippen LogP contribution is -2.32. The maximum atomic E-state index is 11.6. The van der Waals surface area contributed by atoms with E-state index in [0.29, 0.717) is 13.2 Å². The summed E-state index contributed by atoms with van der Waals surface area (Å²) in [5.41, 5.74) is 5.26. The van der Waals surface area contributed by atoms with Crippen molar-refractivity contribution in [1.29, 1.82) is 0 Å². The average Bonchev–Trinajstić information content (AvgIpc) is 2.98. The van der Waals surface area contributed by atoms with E-state index in [1.54, 1.807) is 6.92 Å². The van der Waals surface area contributed by atoms with Gasteiger partial charge in [0.25, 0.3) is 0 Å². The van der Waals surface area contributed by atoms with Crippen molar-refractivity contribution in [3.8, 4) is 0 Å². The Balaban J connectivity index is 3.41. The molecule has 0 spiro atoms. The van der Waals surface area contributed by atoms with Crippen LogP contribution >= 0.6 is 0 Å². The van der Waals surface area contributed by atoms with Crippen LogP contribution in [0, 0.1) is 0 Å². The van der Waals surface area contributed by atoms with E-state index in [4.69, 9.17) is 43.6 Å². The Morgan fingerprint density at radius 3 is 1.16 bits per heavy atom. The first-order valence-corrected chi connectivity index (χ1v) is 13.7. The number of ether oxygens (including phenoxy) is 9. The number of alkyl carbamates (subject to hydrolysis) is 4. The zero-order valence-electron chi connectivity index (χ0n) is 24.5. The summed E-state index contributed by atoms with van der Waals surface area (Å²) in [7, 11) is 0. The van der Waals surface area contributed by atoms with Crippen LogP contribution in [0.15, 0.2) is 0 Å². The zero-order chi connectivity index (χ0) is 31.8. The molecule has 43 heavy (non-hydrogen) atoms. The van der Waals surface area contributed by atoms with Gasteiger partial charge in [0.2, 0.25) is 0 Å². The lowest BCUT2D eigenvalue weighted by atomic mass is 10.6. The molecule has 0 atom stereocenters. The predicted octanol–water partition coefficient (Wildman–Crippen LogP) is -1.52. The highest BCUT2D eigenvalue weighted by atomic mass is 16.6.